The van der Waals surface area contributed by atoms with Crippen molar-refractivity contribution < 1.29 is 27.5 Å². The number of nitrogens with zero attached hydrogens (tertiary/aromatic N) is 2. The van der Waals surface area contributed by atoms with Crippen molar-refractivity contribution in [1.29, 1.82) is 0 Å². The molecule has 0 saturated carbocycles. The highest BCUT2D eigenvalue weighted by molar-refractivity contribution is 5.95. The van der Waals surface area contributed by atoms with Gasteiger partial charge in [0.25, 0.3) is 11.8 Å². The second-order valence-corrected chi connectivity index (χ2v) is 8.31. The second kappa shape index (κ2) is 10.6. The van der Waals surface area contributed by atoms with Gasteiger partial charge in [-0.3, -0.25) is 9.59 Å². The van der Waals surface area contributed by atoms with Crippen LogP contribution in [0.1, 0.15) is 27.2 Å². The first-order chi connectivity index (χ1) is 17.6. The topological polar surface area (TPSA) is 99.2 Å². The Bertz CT molecular complexity index is 1410. The third-order valence-corrected chi connectivity index (χ3v) is 5.50. The molecule has 37 heavy (non-hydrogen) atoms. The molecule has 0 saturated heterocycles. The van der Waals surface area contributed by atoms with Crippen LogP contribution in [-0.4, -0.2) is 28.2 Å². The van der Waals surface area contributed by atoms with Gasteiger partial charge in [-0.15, -0.1) is 0 Å². The molecule has 2 amide bonds. The van der Waals surface area contributed by atoms with Crippen molar-refractivity contribution in [3.8, 4) is 22.6 Å². The molecule has 7 nitrogen and oxygen atoms in total. The summed E-state index contributed by atoms with van der Waals surface area (Å²) in [4.78, 5) is 23.5. The third kappa shape index (κ3) is 6.16. The number of rotatable bonds is 8. The Hall–Kier alpha value is -4.60. The Morgan fingerprint density at radius 3 is 2.24 bits per heavy atom. The van der Waals surface area contributed by atoms with Gasteiger partial charge in [0.2, 0.25) is 0 Å². The second-order valence-electron chi connectivity index (χ2n) is 8.31. The normalized spacial score (nSPS) is 11.2. The van der Waals surface area contributed by atoms with Crippen LogP contribution in [0.2, 0.25) is 0 Å². The van der Waals surface area contributed by atoms with E-state index in [9.17, 15) is 22.8 Å². The van der Waals surface area contributed by atoms with Crippen LogP contribution in [-0.2, 0) is 17.5 Å². The van der Waals surface area contributed by atoms with E-state index in [2.05, 4.69) is 10.4 Å². The molecule has 10 heteroatoms. The van der Waals surface area contributed by atoms with Gasteiger partial charge in [-0.25, -0.2) is 4.68 Å². The summed E-state index contributed by atoms with van der Waals surface area (Å²) in [6.07, 6.45) is -3.85. The fourth-order valence-electron chi connectivity index (χ4n) is 3.73. The van der Waals surface area contributed by atoms with Gasteiger partial charge in [-0.05, 0) is 53.4 Å². The minimum Gasteiger partial charge on any atom is -0.484 e. The number of alkyl halides is 3. The molecular weight excluding hydrogens is 485 g/mol. The number of ether oxygens (including phenoxy) is 1. The van der Waals surface area contributed by atoms with E-state index >= 15 is 0 Å². The zero-order valence-corrected chi connectivity index (χ0v) is 19.8. The van der Waals surface area contributed by atoms with E-state index in [-0.39, 0.29) is 18.8 Å². The van der Waals surface area contributed by atoms with Gasteiger partial charge < -0.3 is 15.8 Å². The van der Waals surface area contributed by atoms with Crippen molar-refractivity contribution in [3.05, 3.63) is 101 Å². The highest BCUT2D eigenvalue weighted by Crippen LogP contribution is 2.34. The highest BCUT2D eigenvalue weighted by atomic mass is 19.4. The van der Waals surface area contributed by atoms with Crippen molar-refractivity contribution in [3.63, 3.8) is 0 Å². The molecule has 0 aliphatic carbocycles. The average Bonchev–Trinajstić information content (AvgIpc) is 3.33. The van der Waals surface area contributed by atoms with Crippen molar-refractivity contribution in [2.24, 2.45) is 5.73 Å². The molecule has 3 aromatic carbocycles. The van der Waals surface area contributed by atoms with Crippen LogP contribution >= 0.6 is 0 Å². The number of hydrogen-bond acceptors (Lipinski definition) is 4. The van der Waals surface area contributed by atoms with Gasteiger partial charge >= 0.3 is 6.18 Å². The fourth-order valence-corrected chi connectivity index (χ4v) is 3.73. The summed E-state index contributed by atoms with van der Waals surface area (Å²) in [6, 6.07) is 20.7. The summed E-state index contributed by atoms with van der Waals surface area (Å²) < 4.78 is 47.7. The number of carbonyl (C=O) groups excluding carboxylic acids is 2. The molecule has 0 radical (unpaired) electrons. The molecule has 0 aliphatic heterocycles. The number of amides is 2. The maximum Gasteiger partial charge on any atom is 0.434 e. The van der Waals surface area contributed by atoms with Crippen LogP contribution in [0.4, 0.5) is 13.2 Å². The molecular formula is C27H23F3N4O3. The zero-order chi connectivity index (χ0) is 26.6. The van der Waals surface area contributed by atoms with E-state index in [1.165, 1.54) is 6.07 Å². The summed E-state index contributed by atoms with van der Waals surface area (Å²) in [5.41, 5.74) is 6.85. The first-order valence-corrected chi connectivity index (χ1v) is 11.2. The molecule has 0 bridgehead atoms. The summed E-state index contributed by atoms with van der Waals surface area (Å²) in [6.45, 7) is 1.58. The average molecular weight is 509 g/mol. The molecule has 0 atom stereocenters. The van der Waals surface area contributed by atoms with Crippen LogP contribution in [0.5, 0.6) is 5.75 Å². The molecule has 1 heterocycles. The van der Waals surface area contributed by atoms with Gasteiger partial charge in [-0.1, -0.05) is 48.5 Å². The van der Waals surface area contributed by atoms with Gasteiger partial charge in [0.1, 0.15) is 5.75 Å². The predicted molar refractivity (Wildman–Crippen MR) is 131 cm³/mol. The van der Waals surface area contributed by atoms with Crippen LogP contribution in [0, 0.1) is 6.92 Å². The van der Waals surface area contributed by atoms with Crippen molar-refractivity contribution >= 4 is 11.8 Å². The number of halogens is 3. The zero-order valence-electron chi connectivity index (χ0n) is 19.8. The van der Waals surface area contributed by atoms with Crippen molar-refractivity contribution in [1.82, 2.24) is 15.1 Å². The number of nitrogens with two attached hydrogens (primary N) is 1. The van der Waals surface area contributed by atoms with Crippen molar-refractivity contribution in [2.45, 2.75) is 19.6 Å². The lowest BCUT2D eigenvalue weighted by molar-refractivity contribution is -0.143. The Kier molecular flexibility index (Phi) is 7.28. The minimum atomic E-state index is -4.78. The maximum atomic E-state index is 13.9. The molecule has 4 rings (SSSR count). The maximum absolute atomic E-state index is 13.9. The molecule has 3 N–H and O–H groups in total. The Morgan fingerprint density at radius 1 is 1.00 bits per heavy atom. The number of nitrogens with one attached hydrogen (secondary N) is 1. The van der Waals surface area contributed by atoms with Crippen LogP contribution in [0.3, 0.4) is 0 Å². The Balaban J connectivity index is 1.45. The third-order valence-electron chi connectivity index (χ3n) is 5.50. The number of aryl methyl sites for hydroxylation is 1. The van der Waals surface area contributed by atoms with E-state index in [4.69, 9.17) is 10.5 Å². The molecule has 1 aromatic heterocycles. The Morgan fingerprint density at radius 2 is 1.65 bits per heavy atom. The van der Waals surface area contributed by atoms with Gasteiger partial charge in [0, 0.05) is 6.54 Å². The number of benzene rings is 3. The van der Waals surface area contributed by atoms with Crippen LogP contribution < -0.4 is 15.8 Å². The standard InChI is InChI=1S/C27H23F3N4O3/c1-17-3-2-4-21(13-17)34-25(27(28,29)30)23(15-33-34)26(36)32-14-18-5-7-19(8-6-18)20-9-11-22(12-10-20)37-16-24(31)35/h2-13,15H,14,16H2,1H3,(H2,31,35)(H,32,36). The van der Waals surface area contributed by atoms with E-state index in [0.29, 0.717) is 11.3 Å². The number of carbonyl (C=O) groups is 2. The molecule has 0 unspecified atom stereocenters. The molecule has 0 spiro atoms. The first-order valence-electron chi connectivity index (χ1n) is 11.2. The monoisotopic (exact) mass is 508 g/mol. The molecule has 0 aliphatic rings. The number of aromatic nitrogens is 2. The number of primary amides is 1. The smallest absolute Gasteiger partial charge is 0.434 e. The SMILES string of the molecule is Cc1cccc(-n2ncc(C(=O)NCc3ccc(-c4ccc(OCC(N)=O)cc4)cc3)c2C(F)(F)F)c1. The lowest BCUT2D eigenvalue weighted by Crippen LogP contribution is -2.26. The fraction of sp³-hybridized carbons (Fsp3) is 0.148. The summed E-state index contributed by atoms with van der Waals surface area (Å²) in [5, 5.41) is 6.39. The van der Waals surface area contributed by atoms with Gasteiger partial charge in [0.05, 0.1) is 17.4 Å². The summed E-state index contributed by atoms with van der Waals surface area (Å²) in [7, 11) is 0. The minimum absolute atomic E-state index is 0.0337. The lowest BCUT2D eigenvalue weighted by Gasteiger charge is -2.13. The number of hydrogen-bond donors (Lipinski definition) is 2. The highest BCUT2D eigenvalue weighted by Gasteiger charge is 2.40. The summed E-state index contributed by atoms with van der Waals surface area (Å²) >= 11 is 0. The largest absolute Gasteiger partial charge is 0.484 e. The molecule has 0 fully saturated rings. The van der Waals surface area contributed by atoms with Crippen molar-refractivity contribution in [2.75, 3.05) is 6.61 Å². The lowest BCUT2D eigenvalue weighted by atomic mass is 10.0. The van der Waals surface area contributed by atoms with E-state index < -0.39 is 29.2 Å². The first kappa shape index (κ1) is 25.5. The summed E-state index contributed by atoms with van der Waals surface area (Å²) in [5.74, 6) is -0.936. The van der Waals surface area contributed by atoms with Gasteiger partial charge in [0.15, 0.2) is 12.3 Å². The molecule has 190 valence electrons. The Labute approximate surface area is 210 Å². The van der Waals surface area contributed by atoms with E-state index in [0.717, 1.165) is 27.6 Å². The van der Waals surface area contributed by atoms with E-state index in [1.54, 1.807) is 49.4 Å². The molecule has 4 aromatic rings. The van der Waals surface area contributed by atoms with Crippen LogP contribution in [0.15, 0.2) is 79.0 Å². The van der Waals surface area contributed by atoms with Gasteiger partial charge in [-0.2, -0.15) is 18.3 Å². The van der Waals surface area contributed by atoms with Crippen LogP contribution in [0.25, 0.3) is 16.8 Å². The van der Waals surface area contributed by atoms with E-state index in [1.807, 2.05) is 24.3 Å². The predicted octanol–water partition coefficient (Wildman–Crippen LogP) is 4.66. The quantitative estimate of drug-likeness (QED) is 0.362.